The van der Waals surface area contributed by atoms with Crippen LogP contribution in [0.5, 0.6) is 0 Å². The third-order valence-corrected chi connectivity index (χ3v) is 5.53. The molecular formula is C27H42N2. The number of hydrogen-bond donors (Lipinski definition) is 2. The maximum Gasteiger partial charge on any atom is -0.00488 e. The van der Waals surface area contributed by atoms with Gasteiger partial charge in [0.05, 0.1) is 0 Å². The summed E-state index contributed by atoms with van der Waals surface area (Å²) in [6, 6.07) is 21.7. The quantitative estimate of drug-likeness (QED) is 0.296. The van der Waals surface area contributed by atoms with Crippen LogP contribution in [0, 0.1) is 0 Å². The third kappa shape index (κ3) is 13.2. The average Bonchev–Trinajstić information content (AvgIpc) is 2.77. The van der Waals surface area contributed by atoms with E-state index < -0.39 is 0 Å². The predicted molar refractivity (Wildman–Crippen MR) is 128 cm³/mol. The molecule has 0 fully saturated rings. The fourth-order valence-electron chi connectivity index (χ4n) is 3.73. The van der Waals surface area contributed by atoms with Gasteiger partial charge in [0.25, 0.3) is 0 Å². The molecule has 29 heavy (non-hydrogen) atoms. The molecule has 2 aromatic rings. The van der Waals surface area contributed by atoms with E-state index in [0.717, 1.165) is 0 Å². The van der Waals surface area contributed by atoms with Crippen LogP contribution in [0.2, 0.25) is 0 Å². The fourth-order valence-corrected chi connectivity index (χ4v) is 3.73. The molecule has 0 aliphatic carbocycles. The molecule has 0 heterocycles. The van der Waals surface area contributed by atoms with Crippen LogP contribution in [-0.2, 0) is 12.8 Å². The highest BCUT2D eigenvalue weighted by atomic mass is 14.8. The summed E-state index contributed by atoms with van der Waals surface area (Å²) in [4.78, 5) is 0. The van der Waals surface area contributed by atoms with Gasteiger partial charge in [-0.25, -0.2) is 0 Å². The lowest BCUT2D eigenvalue weighted by Gasteiger charge is -2.06. The van der Waals surface area contributed by atoms with Crippen LogP contribution in [0.3, 0.4) is 0 Å². The van der Waals surface area contributed by atoms with E-state index in [1.165, 1.54) is 108 Å². The summed E-state index contributed by atoms with van der Waals surface area (Å²) in [5.41, 5.74) is 2.94. The molecule has 0 atom stereocenters. The summed E-state index contributed by atoms with van der Waals surface area (Å²) in [6.07, 6.45) is 14.3. The molecule has 0 radical (unpaired) electrons. The van der Waals surface area contributed by atoms with Crippen molar-refractivity contribution in [3.8, 4) is 0 Å². The maximum atomic E-state index is 3.61. The van der Waals surface area contributed by atoms with Gasteiger partial charge in [0.1, 0.15) is 0 Å². The van der Waals surface area contributed by atoms with Crippen LogP contribution in [-0.4, -0.2) is 26.2 Å². The highest BCUT2D eigenvalue weighted by molar-refractivity contribution is 5.15. The zero-order valence-electron chi connectivity index (χ0n) is 18.4. The van der Waals surface area contributed by atoms with Gasteiger partial charge >= 0.3 is 0 Å². The standard InChI is InChI=1S/C27H42N2/c1(2-13-23-29-25-15-11-21-27-18-8-4-9-19-27)12-22-28-24-14-5-10-20-26-16-6-3-7-17-26/h3-4,6-9,16-19,28-29H,1-2,5,10-15,20-25H2. The molecule has 0 saturated heterocycles. The molecule has 160 valence electrons. The minimum absolute atomic E-state index is 1.17. The topological polar surface area (TPSA) is 24.1 Å². The number of aryl methyl sites for hydroxylation is 2. The zero-order chi connectivity index (χ0) is 20.2. The first-order valence-electron chi connectivity index (χ1n) is 11.9. The van der Waals surface area contributed by atoms with Gasteiger partial charge in [0.15, 0.2) is 0 Å². The Morgan fingerprint density at radius 3 is 1.17 bits per heavy atom. The van der Waals surface area contributed by atoms with Gasteiger partial charge in [0, 0.05) is 0 Å². The summed E-state index contributed by atoms with van der Waals surface area (Å²) in [7, 11) is 0. The molecule has 0 saturated carbocycles. The number of rotatable bonds is 18. The lowest BCUT2D eigenvalue weighted by atomic mass is 10.1. The van der Waals surface area contributed by atoms with Gasteiger partial charge in [0.2, 0.25) is 0 Å². The van der Waals surface area contributed by atoms with Crippen molar-refractivity contribution in [2.24, 2.45) is 0 Å². The van der Waals surface area contributed by atoms with Gasteiger partial charge in [-0.2, -0.15) is 0 Å². The van der Waals surface area contributed by atoms with E-state index in [1.54, 1.807) is 0 Å². The molecule has 2 heteroatoms. The average molecular weight is 395 g/mol. The lowest BCUT2D eigenvalue weighted by molar-refractivity contribution is 0.543. The summed E-state index contributed by atoms with van der Waals surface area (Å²) in [5.74, 6) is 0. The van der Waals surface area contributed by atoms with E-state index in [0.29, 0.717) is 0 Å². The molecule has 0 aromatic heterocycles. The van der Waals surface area contributed by atoms with E-state index in [4.69, 9.17) is 0 Å². The van der Waals surface area contributed by atoms with E-state index in [9.17, 15) is 0 Å². The molecule has 0 spiro atoms. The van der Waals surface area contributed by atoms with E-state index >= 15 is 0 Å². The summed E-state index contributed by atoms with van der Waals surface area (Å²) < 4.78 is 0. The zero-order valence-corrected chi connectivity index (χ0v) is 18.4. The van der Waals surface area contributed by atoms with Crippen LogP contribution in [0.15, 0.2) is 60.7 Å². The molecule has 2 nitrogen and oxygen atoms in total. The molecule has 0 unspecified atom stereocenters. The third-order valence-electron chi connectivity index (χ3n) is 5.53. The van der Waals surface area contributed by atoms with Gasteiger partial charge in [-0.1, -0.05) is 79.9 Å². The highest BCUT2D eigenvalue weighted by Crippen LogP contribution is 2.06. The molecule has 2 rings (SSSR count). The van der Waals surface area contributed by atoms with E-state index in [-0.39, 0.29) is 0 Å². The molecule has 2 aromatic carbocycles. The maximum absolute atomic E-state index is 3.61. The van der Waals surface area contributed by atoms with Gasteiger partial charge < -0.3 is 10.6 Å². The number of benzene rings is 2. The van der Waals surface area contributed by atoms with Gasteiger partial charge in [-0.15, -0.1) is 0 Å². The Balaban J connectivity index is 1.24. The van der Waals surface area contributed by atoms with Crippen molar-refractivity contribution in [1.29, 1.82) is 0 Å². The summed E-state index contributed by atoms with van der Waals surface area (Å²) >= 11 is 0. The van der Waals surface area contributed by atoms with Crippen molar-refractivity contribution >= 4 is 0 Å². The van der Waals surface area contributed by atoms with Gasteiger partial charge in [-0.05, 0) is 88.7 Å². The van der Waals surface area contributed by atoms with Crippen LogP contribution in [0.25, 0.3) is 0 Å². The molecule has 0 aliphatic heterocycles. The smallest absolute Gasteiger partial charge is 0.00488 e. The summed E-state index contributed by atoms with van der Waals surface area (Å²) in [5, 5.41) is 7.21. The van der Waals surface area contributed by atoms with Gasteiger partial charge in [-0.3, -0.25) is 0 Å². The molecule has 0 bridgehead atoms. The normalized spacial score (nSPS) is 11.0. The molecule has 0 aliphatic rings. The van der Waals surface area contributed by atoms with Crippen LogP contribution in [0.4, 0.5) is 0 Å². The first kappa shape index (κ1) is 23.6. The lowest BCUT2D eigenvalue weighted by Crippen LogP contribution is -2.18. The monoisotopic (exact) mass is 394 g/mol. The number of nitrogens with one attached hydrogen (secondary N) is 2. The first-order valence-corrected chi connectivity index (χ1v) is 11.9. The van der Waals surface area contributed by atoms with E-state index in [1.807, 2.05) is 0 Å². The fraction of sp³-hybridized carbons (Fsp3) is 0.556. The van der Waals surface area contributed by atoms with E-state index in [2.05, 4.69) is 71.3 Å². The van der Waals surface area contributed by atoms with Crippen LogP contribution < -0.4 is 10.6 Å². The Labute approximate surface area is 179 Å². The largest absolute Gasteiger partial charge is 0.317 e. The van der Waals surface area contributed by atoms with Crippen molar-refractivity contribution in [2.75, 3.05) is 26.2 Å². The second-order valence-electron chi connectivity index (χ2n) is 8.15. The molecular weight excluding hydrogens is 352 g/mol. The van der Waals surface area contributed by atoms with Crippen molar-refractivity contribution in [3.63, 3.8) is 0 Å². The Morgan fingerprint density at radius 1 is 0.379 bits per heavy atom. The highest BCUT2D eigenvalue weighted by Gasteiger charge is 1.95. The Bertz CT molecular complexity index is 529. The Morgan fingerprint density at radius 2 is 0.724 bits per heavy atom. The molecule has 2 N–H and O–H groups in total. The Hall–Kier alpha value is -1.64. The van der Waals surface area contributed by atoms with Crippen LogP contribution in [0.1, 0.15) is 68.9 Å². The minimum Gasteiger partial charge on any atom is -0.317 e. The van der Waals surface area contributed by atoms with Crippen molar-refractivity contribution in [2.45, 2.75) is 70.6 Å². The number of unbranched alkanes of at least 4 members (excludes halogenated alkanes) is 6. The SMILES string of the molecule is c1ccc(CCCCCNCCCCCCNCCCCc2ccccc2)cc1. The molecule has 0 amide bonds. The van der Waals surface area contributed by atoms with Crippen molar-refractivity contribution in [3.05, 3.63) is 71.8 Å². The van der Waals surface area contributed by atoms with Crippen molar-refractivity contribution in [1.82, 2.24) is 10.6 Å². The summed E-state index contributed by atoms with van der Waals surface area (Å²) in [6.45, 7) is 4.71. The second kappa shape index (κ2) is 17.2. The Kier molecular flexibility index (Phi) is 14.1. The van der Waals surface area contributed by atoms with Crippen molar-refractivity contribution < 1.29 is 0 Å². The first-order chi connectivity index (χ1) is 14.4. The second-order valence-corrected chi connectivity index (χ2v) is 8.15. The minimum atomic E-state index is 1.17. The predicted octanol–water partition coefficient (Wildman–Crippen LogP) is 6.16. The number of hydrogen-bond acceptors (Lipinski definition) is 2. The van der Waals surface area contributed by atoms with Crippen LogP contribution >= 0.6 is 0 Å².